The highest BCUT2D eigenvalue weighted by Crippen LogP contribution is 2.24. The van der Waals surface area contributed by atoms with Crippen molar-refractivity contribution in [2.24, 2.45) is 5.92 Å². The molecule has 3 rings (SSSR count). The molecule has 0 aliphatic carbocycles. The van der Waals surface area contributed by atoms with Gasteiger partial charge in [-0.25, -0.2) is 0 Å². The molecule has 2 fully saturated rings. The summed E-state index contributed by atoms with van der Waals surface area (Å²) < 4.78 is 10.9. The van der Waals surface area contributed by atoms with Crippen LogP contribution in [0.2, 0.25) is 0 Å². The van der Waals surface area contributed by atoms with Gasteiger partial charge in [-0.2, -0.15) is 0 Å². The number of carbonyl (C=O) groups excluding carboxylic acids is 2. The highest BCUT2D eigenvalue weighted by molar-refractivity contribution is 5.82. The molecule has 0 saturated carbocycles. The van der Waals surface area contributed by atoms with Crippen molar-refractivity contribution < 1.29 is 19.1 Å². The molecule has 0 aromatic heterocycles. The van der Waals surface area contributed by atoms with E-state index < -0.39 is 0 Å². The molecule has 2 aliphatic heterocycles. The summed E-state index contributed by atoms with van der Waals surface area (Å²) in [6, 6.07) is 8.11. The quantitative estimate of drug-likeness (QED) is 0.775. The van der Waals surface area contributed by atoms with Gasteiger partial charge < -0.3 is 19.3 Å². The van der Waals surface area contributed by atoms with Gasteiger partial charge in [-0.05, 0) is 37.0 Å². The van der Waals surface area contributed by atoms with Gasteiger partial charge in [-0.3, -0.25) is 9.59 Å². The molecule has 2 saturated heterocycles. The van der Waals surface area contributed by atoms with Crippen LogP contribution >= 0.6 is 0 Å². The molecule has 6 heteroatoms. The largest absolute Gasteiger partial charge is 0.487 e. The van der Waals surface area contributed by atoms with Crippen LogP contribution in [0, 0.1) is 5.92 Å². The molecular weight excluding hydrogens is 332 g/mol. The molecule has 1 unspecified atom stereocenters. The zero-order valence-corrected chi connectivity index (χ0v) is 15.6. The number of ether oxygens (including phenoxy) is 2. The summed E-state index contributed by atoms with van der Waals surface area (Å²) in [6.45, 7) is 4.66. The van der Waals surface area contributed by atoms with Crippen LogP contribution in [0.15, 0.2) is 24.3 Å². The topological polar surface area (TPSA) is 59.1 Å². The molecular formula is C20H28N2O4. The lowest BCUT2D eigenvalue weighted by molar-refractivity contribution is -0.148. The van der Waals surface area contributed by atoms with Gasteiger partial charge in [0, 0.05) is 20.2 Å². The van der Waals surface area contributed by atoms with Gasteiger partial charge >= 0.3 is 0 Å². The molecule has 6 nitrogen and oxygen atoms in total. The summed E-state index contributed by atoms with van der Waals surface area (Å²) in [6.07, 6.45) is 2.74. The summed E-state index contributed by atoms with van der Waals surface area (Å²) in [5, 5.41) is 0. The fourth-order valence-corrected chi connectivity index (χ4v) is 3.60. The predicted octanol–water partition coefficient (Wildman–Crippen LogP) is 1.72. The Balaban J connectivity index is 1.47. The Morgan fingerprint density at radius 1 is 1.19 bits per heavy atom. The number of carbonyl (C=O) groups is 2. The fraction of sp³-hybridized carbons (Fsp3) is 0.600. The maximum atomic E-state index is 12.7. The summed E-state index contributed by atoms with van der Waals surface area (Å²) in [5.41, 5.74) is 1.25. The van der Waals surface area contributed by atoms with E-state index in [0.717, 1.165) is 25.0 Å². The Hall–Kier alpha value is -2.08. The van der Waals surface area contributed by atoms with Crippen molar-refractivity contribution in [3.05, 3.63) is 29.8 Å². The van der Waals surface area contributed by atoms with Crippen molar-refractivity contribution in [1.82, 2.24) is 9.80 Å². The fourth-order valence-electron chi connectivity index (χ4n) is 3.60. The van der Waals surface area contributed by atoms with Gasteiger partial charge in [0.05, 0.1) is 19.0 Å². The number of benzene rings is 1. The third-order valence-corrected chi connectivity index (χ3v) is 5.16. The molecule has 1 aromatic carbocycles. The van der Waals surface area contributed by atoms with Crippen molar-refractivity contribution in [1.29, 1.82) is 0 Å². The number of amides is 2. The number of methoxy groups -OCH3 is 1. The Bertz CT molecular complexity index is 642. The molecule has 0 radical (unpaired) electrons. The van der Waals surface area contributed by atoms with Crippen molar-refractivity contribution in [3.8, 4) is 5.75 Å². The Morgan fingerprint density at radius 3 is 2.73 bits per heavy atom. The third kappa shape index (κ3) is 4.36. The predicted molar refractivity (Wildman–Crippen MR) is 98.0 cm³/mol. The zero-order valence-electron chi connectivity index (χ0n) is 15.6. The van der Waals surface area contributed by atoms with Crippen LogP contribution in [0.25, 0.3) is 0 Å². The minimum atomic E-state index is -0.103. The lowest BCUT2D eigenvalue weighted by Gasteiger charge is -2.42. The Kier molecular flexibility index (Phi) is 6.14. The summed E-state index contributed by atoms with van der Waals surface area (Å²) in [5.74, 6) is 0.872. The first-order chi connectivity index (χ1) is 12.6. The molecule has 26 heavy (non-hydrogen) atoms. The molecule has 2 amide bonds. The maximum absolute atomic E-state index is 12.7. The first-order valence-electron chi connectivity index (χ1n) is 9.41. The second-order valence-corrected chi connectivity index (χ2v) is 7.10. The van der Waals surface area contributed by atoms with Crippen molar-refractivity contribution >= 4 is 11.8 Å². The van der Waals surface area contributed by atoms with Gasteiger partial charge in [-0.15, -0.1) is 0 Å². The summed E-state index contributed by atoms with van der Waals surface area (Å²) in [4.78, 5) is 28.3. The van der Waals surface area contributed by atoms with Crippen LogP contribution in [0.5, 0.6) is 5.75 Å². The van der Waals surface area contributed by atoms with Crippen LogP contribution < -0.4 is 4.74 Å². The molecule has 2 aliphatic rings. The molecule has 1 atom stereocenters. The van der Waals surface area contributed by atoms with E-state index in [9.17, 15) is 9.59 Å². The van der Waals surface area contributed by atoms with Gasteiger partial charge in [0.1, 0.15) is 18.5 Å². The van der Waals surface area contributed by atoms with E-state index in [1.54, 1.807) is 4.90 Å². The average molecular weight is 360 g/mol. The number of likely N-dealkylation sites (tertiary alicyclic amines) is 2. The highest BCUT2D eigenvalue weighted by atomic mass is 16.5. The van der Waals surface area contributed by atoms with Crippen LogP contribution in [0.1, 0.15) is 25.3 Å². The molecule has 1 aromatic rings. The first-order valence-corrected chi connectivity index (χ1v) is 9.41. The van der Waals surface area contributed by atoms with E-state index in [1.165, 1.54) is 12.7 Å². The number of hydrogen-bond acceptors (Lipinski definition) is 4. The van der Waals surface area contributed by atoms with Gasteiger partial charge in [0.25, 0.3) is 0 Å². The standard InChI is InChI=1S/C20H28N2O4/c1-3-15-6-4-8-17(10-15)26-18-12-22(13-18)20(24)16-7-5-9-21(11-16)19(23)14-25-2/h4,6,8,10,16,18H,3,5,7,9,11-14H2,1-2H3. The van der Waals surface area contributed by atoms with Crippen molar-refractivity contribution in [2.45, 2.75) is 32.3 Å². The molecule has 2 heterocycles. The molecule has 0 spiro atoms. The van der Waals surface area contributed by atoms with Gasteiger partial charge in [0.15, 0.2) is 0 Å². The second kappa shape index (κ2) is 8.54. The summed E-state index contributed by atoms with van der Waals surface area (Å²) >= 11 is 0. The smallest absolute Gasteiger partial charge is 0.248 e. The van der Waals surface area contributed by atoms with Crippen LogP contribution in [-0.4, -0.2) is 67.6 Å². The SMILES string of the molecule is CCc1cccc(OC2CN(C(=O)C3CCCN(C(=O)COC)C3)C2)c1. The van der Waals surface area contributed by atoms with Crippen LogP contribution in [-0.2, 0) is 20.7 Å². The minimum absolute atomic E-state index is 0.0365. The Labute approximate surface area is 155 Å². The van der Waals surface area contributed by atoms with E-state index in [1.807, 2.05) is 17.0 Å². The monoisotopic (exact) mass is 360 g/mol. The number of hydrogen-bond donors (Lipinski definition) is 0. The number of nitrogens with zero attached hydrogens (tertiary/aromatic N) is 2. The third-order valence-electron chi connectivity index (χ3n) is 5.16. The number of rotatable bonds is 6. The van der Waals surface area contributed by atoms with Gasteiger partial charge in [-0.1, -0.05) is 19.1 Å². The lowest BCUT2D eigenvalue weighted by Crippen LogP contribution is -2.59. The first kappa shape index (κ1) is 18.7. The number of piperidine rings is 1. The van der Waals surface area contributed by atoms with Gasteiger partial charge in [0.2, 0.25) is 11.8 Å². The second-order valence-electron chi connectivity index (χ2n) is 7.10. The van der Waals surface area contributed by atoms with Crippen molar-refractivity contribution in [2.75, 3.05) is 39.9 Å². The normalized spacial score (nSPS) is 20.6. The highest BCUT2D eigenvalue weighted by Gasteiger charge is 2.38. The lowest BCUT2D eigenvalue weighted by atomic mass is 9.94. The number of aryl methyl sites for hydroxylation is 1. The van der Waals surface area contributed by atoms with Crippen LogP contribution in [0.4, 0.5) is 0 Å². The van der Waals surface area contributed by atoms with E-state index in [-0.39, 0.29) is 30.4 Å². The maximum Gasteiger partial charge on any atom is 0.248 e. The van der Waals surface area contributed by atoms with E-state index in [2.05, 4.69) is 19.1 Å². The minimum Gasteiger partial charge on any atom is -0.487 e. The Morgan fingerprint density at radius 2 is 2.00 bits per heavy atom. The van der Waals surface area contributed by atoms with E-state index >= 15 is 0 Å². The van der Waals surface area contributed by atoms with E-state index in [4.69, 9.17) is 9.47 Å². The summed E-state index contributed by atoms with van der Waals surface area (Å²) in [7, 11) is 1.51. The molecule has 0 bridgehead atoms. The molecule has 0 N–H and O–H groups in total. The molecule has 142 valence electrons. The average Bonchev–Trinajstić information content (AvgIpc) is 2.64. The van der Waals surface area contributed by atoms with Crippen molar-refractivity contribution in [3.63, 3.8) is 0 Å². The van der Waals surface area contributed by atoms with Crippen LogP contribution in [0.3, 0.4) is 0 Å². The zero-order chi connectivity index (χ0) is 18.5. The van der Waals surface area contributed by atoms with E-state index in [0.29, 0.717) is 26.2 Å².